The lowest BCUT2D eigenvalue weighted by atomic mass is 10.0. The molecule has 0 bridgehead atoms. The van der Waals surface area contributed by atoms with Crippen LogP contribution in [0.5, 0.6) is 11.5 Å². The fraction of sp³-hybridized carbons (Fsp3) is 0.435. The summed E-state index contributed by atoms with van der Waals surface area (Å²) in [6, 6.07) is 16.6. The smallest absolute Gasteiger partial charge is 0.231 e. The SMILES string of the molecule is CCN(CC)C(CNC(=O)CCc1ccc2c(c1)OCO2)Cc1ccccc1. The number of benzene rings is 2. The minimum atomic E-state index is 0.0860. The van der Waals surface area contributed by atoms with Crippen molar-refractivity contribution >= 4 is 5.91 Å². The van der Waals surface area contributed by atoms with E-state index in [1.54, 1.807) is 0 Å². The number of nitrogens with one attached hydrogen (secondary N) is 1. The molecule has 0 spiro atoms. The van der Waals surface area contributed by atoms with Crippen molar-refractivity contribution in [2.75, 3.05) is 26.4 Å². The normalized spacial score (nSPS) is 13.5. The van der Waals surface area contributed by atoms with Gasteiger partial charge in [0.25, 0.3) is 0 Å². The molecule has 0 fully saturated rings. The van der Waals surface area contributed by atoms with Crippen LogP contribution in [-0.4, -0.2) is 43.3 Å². The second-order valence-corrected chi connectivity index (χ2v) is 7.06. The Morgan fingerprint density at radius 2 is 1.79 bits per heavy atom. The van der Waals surface area contributed by atoms with Gasteiger partial charge in [-0.2, -0.15) is 0 Å². The van der Waals surface area contributed by atoms with Crippen LogP contribution < -0.4 is 14.8 Å². The van der Waals surface area contributed by atoms with Gasteiger partial charge in [-0.05, 0) is 49.2 Å². The summed E-state index contributed by atoms with van der Waals surface area (Å²) in [6.07, 6.45) is 2.10. The third kappa shape index (κ3) is 5.49. The van der Waals surface area contributed by atoms with E-state index in [1.165, 1.54) is 5.56 Å². The summed E-state index contributed by atoms with van der Waals surface area (Å²) in [6.45, 7) is 7.22. The third-order valence-corrected chi connectivity index (χ3v) is 5.26. The molecule has 0 radical (unpaired) electrons. The minimum Gasteiger partial charge on any atom is -0.454 e. The molecule has 1 aliphatic heterocycles. The number of hydrogen-bond donors (Lipinski definition) is 1. The molecule has 0 aromatic heterocycles. The van der Waals surface area contributed by atoms with E-state index in [2.05, 4.69) is 48.3 Å². The van der Waals surface area contributed by atoms with Crippen molar-refractivity contribution in [1.29, 1.82) is 0 Å². The van der Waals surface area contributed by atoms with Gasteiger partial charge in [0.2, 0.25) is 12.7 Å². The first-order valence-electron chi connectivity index (χ1n) is 10.1. The van der Waals surface area contributed by atoms with Gasteiger partial charge in [-0.15, -0.1) is 0 Å². The summed E-state index contributed by atoms with van der Waals surface area (Å²) >= 11 is 0. The molecule has 1 N–H and O–H groups in total. The number of ether oxygens (including phenoxy) is 2. The molecule has 1 amide bonds. The Bertz CT molecular complexity index is 760. The zero-order valence-electron chi connectivity index (χ0n) is 16.8. The molecule has 2 aromatic rings. The fourth-order valence-corrected chi connectivity index (χ4v) is 3.63. The van der Waals surface area contributed by atoms with E-state index in [9.17, 15) is 4.79 Å². The first-order chi connectivity index (χ1) is 13.7. The standard InChI is InChI=1S/C23H30N2O3/c1-3-25(4-2)20(14-18-8-6-5-7-9-18)16-24-23(26)13-11-19-10-12-21-22(15-19)28-17-27-21/h5-10,12,15,20H,3-4,11,13-14,16-17H2,1-2H3,(H,24,26). The molecule has 1 aliphatic rings. The number of aryl methyl sites for hydroxylation is 1. The Morgan fingerprint density at radius 1 is 1.04 bits per heavy atom. The van der Waals surface area contributed by atoms with Crippen molar-refractivity contribution in [2.24, 2.45) is 0 Å². The molecule has 0 aliphatic carbocycles. The lowest BCUT2D eigenvalue weighted by molar-refractivity contribution is -0.121. The number of amides is 1. The molecule has 150 valence electrons. The van der Waals surface area contributed by atoms with E-state index < -0.39 is 0 Å². The average Bonchev–Trinajstić information content (AvgIpc) is 3.20. The van der Waals surface area contributed by atoms with Crippen molar-refractivity contribution in [3.05, 3.63) is 59.7 Å². The van der Waals surface area contributed by atoms with Crippen LogP contribution in [0.25, 0.3) is 0 Å². The Morgan fingerprint density at radius 3 is 2.54 bits per heavy atom. The lowest BCUT2D eigenvalue weighted by Crippen LogP contribution is -2.45. The first-order valence-corrected chi connectivity index (χ1v) is 10.1. The Kier molecular flexibility index (Phi) is 7.31. The van der Waals surface area contributed by atoms with Gasteiger partial charge in [0.15, 0.2) is 11.5 Å². The van der Waals surface area contributed by atoms with Crippen LogP contribution in [0.15, 0.2) is 48.5 Å². The predicted octanol–water partition coefficient (Wildman–Crippen LogP) is 3.42. The van der Waals surface area contributed by atoms with Crippen LogP contribution >= 0.6 is 0 Å². The maximum Gasteiger partial charge on any atom is 0.231 e. The van der Waals surface area contributed by atoms with Gasteiger partial charge in [0.1, 0.15) is 0 Å². The Balaban J connectivity index is 1.51. The summed E-state index contributed by atoms with van der Waals surface area (Å²) in [4.78, 5) is 14.8. The Hall–Kier alpha value is -2.53. The molecule has 1 atom stereocenters. The molecular formula is C23H30N2O3. The van der Waals surface area contributed by atoms with Crippen molar-refractivity contribution < 1.29 is 14.3 Å². The quantitative estimate of drug-likeness (QED) is 0.684. The largest absolute Gasteiger partial charge is 0.454 e. The number of fused-ring (bicyclic) bond motifs is 1. The highest BCUT2D eigenvalue weighted by molar-refractivity contribution is 5.76. The number of carbonyl (C=O) groups excluding carboxylic acids is 1. The van der Waals surface area contributed by atoms with Crippen molar-refractivity contribution in [3.63, 3.8) is 0 Å². The second-order valence-electron chi connectivity index (χ2n) is 7.06. The molecule has 3 rings (SSSR count). The summed E-state index contributed by atoms with van der Waals surface area (Å²) in [5, 5.41) is 3.14. The monoisotopic (exact) mass is 382 g/mol. The van der Waals surface area contributed by atoms with Gasteiger partial charge in [-0.3, -0.25) is 9.69 Å². The van der Waals surface area contributed by atoms with Crippen LogP contribution in [0.2, 0.25) is 0 Å². The van der Waals surface area contributed by atoms with E-state index in [-0.39, 0.29) is 12.7 Å². The van der Waals surface area contributed by atoms with Crippen LogP contribution in [0.3, 0.4) is 0 Å². The molecule has 1 heterocycles. The molecule has 5 nitrogen and oxygen atoms in total. The predicted molar refractivity (Wildman–Crippen MR) is 111 cm³/mol. The number of carbonyl (C=O) groups is 1. The van der Waals surface area contributed by atoms with Crippen molar-refractivity contribution in [2.45, 2.75) is 39.2 Å². The molecule has 0 saturated heterocycles. The van der Waals surface area contributed by atoms with Crippen molar-refractivity contribution in [1.82, 2.24) is 10.2 Å². The number of hydrogen-bond acceptors (Lipinski definition) is 4. The van der Waals surface area contributed by atoms with Gasteiger partial charge in [0.05, 0.1) is 0 Å². The number of likely N-dealkylation sites (N-methyl/N-ethyl adjacent to an activating group) is 1. The van der Waals surface area contributed by atoms with Crippen LogP contribution in [0, 0.1) is 0 Å². The zero-order chi connectivity index (χ0) is 19.8. The highest BCUT2D eigenvalue weighted by Crippen LogP contribution is 2.32. The van der Waals surface area contributed by atoms with Crippen LogP contribution in [0.4, 0.5) is 0 Å². The maximum atomic E-state index is 12.4. The Labute approximate surface area is 167 Å². The average molecular weight is 383 g/mol. The van der Waals surface area contributed by atoms with Gasteiger partial charge in [-0.25, -0.2) is 0 Å². The van der Waals surface area contributed by atoms with Crippen molar-refractivity contribution in [3.8, 4) is 11.5 Å². The fourth-order valence-electron chi connectivity index (χ4n) is 3.63. The second kappa shape index (κ2) is 10.1. The molecular weight excluding hydrogens is 352 g/mol. The van der Waals surface area contributed by atoms with E-state index in [1.807, 2.05) is 24.3 Å². The van der Waals surface area contributed by atoms with Gasteiger partial charge < -0.3 is 14.8 Å². The summed E-state index contributed by atoms with van der Waals surface area (Å²) in [7, 11) is 0. The topological polar surface area (TPSA) is 50.8 Å². The van der Waals surface area contributed by atoms with E-state index in [0.717, 1.165) is 36.6 Å². The highest BCUT2D eigenvalue weighted by Gasteiger charge is 2.18. The van der Waals surface area contributed by atoms with E-state index in [4.69, 9.17) is 9.47 Å². The molecule has 2 aromatic carbocycles. The van der Waals surface area contributed by atoms with Crippen LogP contribution in [-0.2, 0) is 17.6 Å². The molecule has 28 heavy (non-hydrogen) atoms. The summed E-state index contributed by atoms with van der Waals surface area (Å²) in [5.41, 5.74) is 2.39. The molecule has 1 unspecified atom stereocenters. The first kappa shape index (κ1) is 20.2. The van der Waals surface area contributed by atoms with Crippen LogP contribution in [0.1, 0.15) is 31.4 Å². The zero-order valence-corrected chi connectivity index (χ0v) is 16.8. The summed E-state index contributed by atoms with van der Waals surface area (Å²) < 4.78 is 10.7. The van der Waals surface area contributed by atoms with Gasteiger partial charge in [0, 0.05) is 19.0 Å². The minimum absolute atomic E-state index is 0.0860. The molecule has 0 saturated carbocycles. The summed E-state index contributed by atoms with van der Waals surface area (Å²) in [5.74, 6) is 1.63. The third-order valence-electron chi connectivity index (χ3n) is 5.26. The van der Waals surface area contributed by atoms with Gasteiger partial charge >= 0.3 is 0 Å². The number of nitrogens with zero attached hydrogens (tertiary/aromatic N) is 1. The highest BCUT2D eigenvalue weighted by atomic mass is 16.7. The number of rotatable bonds is 10. The van der Waals surface area contributed by atoms with E-state index in [0.29, 0.717) is 25.4 Å². The van der Waals surface area contributed by atoms with E-state index >= 15 is 0 Å². The maximum absolute atomic E-state index is 12.4. The molecule has 5 heteroatoms. The van der Waals surface area contributed by atoms with Gasteiger partial charge in [-0.1, -0.05) is 50.2 Å². The lowest BCUT2D eigenvalue weighted by Gasteiger charge is -2.30.